The van der Waals surface area contributed by atoms with E-state index in [0.717, 1.165) is 27.6 Å². The molecule has 3 aromatic rings. The van der Waals surface area contributed by atoms with Crippen LogP contribution < -0.4 is 20.1 Å². The van der Waals surface area contributed by atoms with Crippen molar-refractivity contribution in [2.24, 2.45) is 11.1 Å². The predicted octanol–water partition coefficient (Wildman–Crippen LogP) is 2.63. The van der Waals surface area contributed by atoms with Gasteiger partial charge in [0.05, 0.1) is 15.8 Å². The number of primary sulfonamides is 1. The number of hydrogen-bond donors (Lipinski definition) is 3. The summed E-state index contributed by atoms with van der Waals surface area (Å²) in [5.41, 5.74) is 1.04. The van der Waals surface area contributed by atoms with Crippen LogP contribution in [-0.2, 0) is 19.6 Å². The second kappa shape index (κ2) is 8.09. The van der Waals surface area contributed by atoms with Gasteiger partial charge in [-0.05, 0) is 42.5 Å². The molecule has 170 valence electrons. The molecule has 3 heterocycles. The molecule has 33 heavy (non-hydrogen) atoms. The summed E-state index contributed by atoms with van der Waals surface area (Å²) in [5.74, 6) is -2.04. The number of nitrogens with two attached hydrogens (primary N) is 1. The minimum atomic E-state index is -3.87. The van der Waals surface area contributed by atoms with E-state index < -0.39 is 39.0 Å². The van der Waals surface area contributed by atoms with E-state index in [1.165, 1.54) is 24.3 Å². The minimum absolute atomic E-state index is 0.0915. The zero-order valence-corrected chi connectivity index (χ0v) is 20.4. The summed E-state index contributed by atoms with van der Waals surface area (Å²) in [6.07, 6.45) is 0. The third-order valence-electron chi connectivity index (χ3n) is 5.35. The lowest BCUT2D eigenvalue weighted by molar-refractivity contribution is -0.142. The van der Waals surface area contributed by atoms with Crippen molar-refractivity contribution in [3.05, 3.63) is 67.0 Å². The van der Waals surface area contributed by atoms with Crippen LogP contribution in [0.2, 0.25) is 0 Å². The van der Waals surface area contributed by atoms with E-state index in [1.54, 1.807) is 12.1 Å². The molecule has 4 N–H and O–H groups in total. The summed E-state index contributed by atoms with van der Waals surface area (Å²) < 4.78 is 29.2. The van der Waals surface area contributed by atoms with Crippen LogP contribution in [0.25, 0.3) is 0 Å². The van der Waals surface area contributed by atoms with Crippen LogP contribution >= 0.6 is 39.0 Å². The average molecular weight is 568 g/mol. The van der Waals surface area contributed by atoms with Gasteiger partial charge in [-0.2, -0.15) is 0 Å². The van der Waals surface area contributed by atoms with Crippen molar-refractivity contribution >= 4 is 66.6 Å². The number of rotatable bonds is 3. The molecule has 0 spiro atoms. The lowest BCUT2D eigenvalue weighted by Crippen LogP contribution is -2.46. The van der Waals surface area contributed by atoms with Crippen molar-refractivity contribution in [1.29, 1.82) is 0 Å². The Morgan fingerprint density at radius 3 is 2.58 bits per heavy atom. The highest BCUT2D eigenvalue weighted by atomic mass is 79.9. The number of thiazole rings is 1. The number of carbonyl (C=O) groups is 2. The van der Waals surface area contributed by atoms with Crippen molar-refractivity contribution in [2.45, 2.75) is 21.1 Å². The highest BCUT2D eigenvalue weighted by molar-refractivity contribution is 9.10. The first kappa shape index (κ1) is 22.3. The number of aromatic amines is 1. The summed E-state index contributed by atoms with van der Waals surface area (Å²) in [5, 5.41) is 7.47. The Bertz CT molecular complexity index is 1460. The molecule has 2 aromatic carbocycles. The van der Waals surface area contributed by atoms with Gasteiger partial charge in [0.25, 0.3) is 0 Å². The van der Waals surface area contributed by atoms with Crippen LogP contribution in [0.1, 0.15) is 16.4 Å². The Hall–Kier alpha value is -2.45. The Balaban J connectivity index is 1.53. The van der Waals surface area contributed by atoms with Gasteiger partial charge >= 0.3 is 10.8 Å². The first-order valence-corrected chi connectivity index (χ1v) is 13.5. The summed E-state index contributed by atoms with van der Waals surface area (Å²) in [6, 6.07) is 10.6. The number of ether oxygens (including phenoxy) is 1. The third-order valence-corrected chi connectivity index (χ3v) is 9.19. The summed E-state index contributed by atoms with van der Waals surface area (Å²) in [4.78, 5) is 41.5. The zero-order valence-electron chi connectivity index (χ0n) is 16.4. The van der Waals surface area contributed by atoms with Crippen molar-refractivity contribution in [3.8, 4) is 5.75 Å². The number of fused-ring (bicyclic) bond motifs is 5. The largest absolute Gasteiger partial charge is 0.426 e. The molecule has 2 aliphatic heterocycles. The maximum atomic E-state index is 13.3. The molecule has 0 aliphatic carbocycles. The van der Waals surface area contributed by atoms with Crippen LogP contribution in [0.15, 0.2) is 61.7 Å². The van der Waals surface area contributed by atoms with E-state index in [9.17, 15) is 22.8 Å². The minimum Gasteiger partial charge on any atom is -0.426 e. The van der Waals surface area contributed by atoms with Crippen molar-refractivity contribution in [2.75, 3.05) is 5.32 Å². The molecule has 0 fully saturated rings. The molecule has 2 aliphatic rings. The van der Waals surface area contributed by atoms with Crippen LogP contribution in [0.5, 0.6) is 5.75 Å². The second-order valence-corrected chi connectivity index (χ2v) is 12.1. The predicted molar refractivity (Wildman–Crippen MR) is 126 cm³/mol. The quantitative estimate of drug-likeness (QED) is 0.325. The number of H-pyrrole nitrogens is 1. The van der Waals surface area contributed by atoms with E-state index in [2.05, 4.69) is 26.2 Å². The normalized spacial score (nSPS) is 21.4. The van der Waals surface area contributed by atoms with Gasteiger partial charge in [-0.25, -0.2) is 13.6 Å². The highest BCUT2D eigenvalue weighted by Gasteiger charge is 2.51. The molecule has 13 heteroatoms. The number of thioether (sulfide) groups is 1. The lowest BCUT2D eigenvalue weighted by atomic mass is 9.80. The molecule has 0 saturated heterocycles. The van der Waals surface area contributed by atoms with Gasteiger partial charge < -0.3 is 15.0 Å². The first-order valence-electron chi connectivity index (χ1n) is 9.46. The fourth-order valence-electron chi connectivity index (χ4n) is 3.94. The standard InChI is InChI=1S/C20H14BrN3O6S3/c21-8-1-6-12-11(7-8)13-14(19(26)30-12)15(31-18-16(13)32-20(27)24-18)17(25)23-9-2-4-10(5-3-9)33(22,28)29/h1-7,13-15H,(H,23,25)(H,24,27)(H2,22,28,29)/t13-,14+,15-/m1/s1. The van der Waals surface area contributed by atoms with Gasteiger partial charge in [-0.1, -0.05) is 39.0 Å². The molecule has 9 nitrogen and oxygen atoms in total. The van der Waals surface area contributed by atoms with E-state index in [0.29, 0.717) is 26.9 Å². The van der Waals surface area contributed by atoms with E-state index in [4.69, 9.17) is 9.88 Å². The molecule has 3 atom stereocenters. The van der Waals surface area contributed by atoms with Crippen LogP contribution in [0, 0.1) is 5.92 Å². The molecule has 0 radical (unpaired) electrons. The van der Waals surface area contributed by atoms with E-state index >= 15 is 0 Å². The van der Waals surface area contributed by atoms with Gasteiger partial charge in [0, 0.05) is 26.5 Å². The summed E-state index contributed by atoms with van der Waals surface area (Å²) >= 11 is 5.54. The zero-order chi connectivity index (χ0) is 23.5. The van der Waals surface area contributed by atoms with E-state index in [1.807, 2.05) is 6.07 Å². The molecule has 5 rings (SSSR count). The van der Waals surface area contributed by atoms with Crippen molar-refractivity contribution in [1.82, 2.24) is 4.98 Å². The molecule has 0 saturated carbocycles. The number of aromatic nitrogens is 1. The Morgan fingerprint density at radius 2 is 1.88 bits per heavy atom. The van der Waals surface area contributed by atoms with Gasteiger partial charge in [-0.3, -0.25) is 14.4 Å². The first-order chi connectivity index (χ1) is 15.6. The Kier molecular flexibility index (Phi) is 5.48. The second-order valence-electron chi connectivity index (χ2n) is 7.41. The number of benzene rings is 2. The Morgan fingerprint density at radius 1 is 1.15 bits per heavy atom. The molecular formula is C20H14BrN3O6S3. The number of hydrogen-bond acceptors (Lipinski definition) is 8. The van der Waals surface area contributed by atoms with E-state index in [-0.39, 0.29) is 9.77 Å². The van der Waals surface area contributed by atoms with Crippen molar-refractivity contribution < 1.29 is 22.7 Å². The van der Waals surface area contributed by atoms with Crippen LogP contribution in [0.4, 0.5) is 5.69 Å². The number of anilines is 1. The number of sulfonamides is 1. The Labute approximate surface area is 203 Å². The number of amides is 1. The lowest BCUT2D eigenvalue weighted by Gasteiger charge is -2.38. The summed E-state index contributed by atoms with van der Waals surface area (Å²) in [7, 11) is -3.87. The maximum Gasteiger partial charge on any atom is 0.317 e. The highest BCUT2D eigenvalue weighted by Crippen LogP contribution is 2.54. The molecule has 0 bridgehead atoms. The molecular weight excluding hydrogens is 554 g/mol. The average Bonchev–Trinajstić information content (AvgIpc) is 3.13. The number of nitrogens with one attached hydrogen (secondary N) is 2. The number of halogens is 1. The third kappa shape index (κ3) is 4.04. The van der Waals surface area contributed by atoms with Crippen LogP contribution in [-0.4, -0.2) is 30.5 Å². The smallest absolute Gasteiger partial charge is 0.317 e. The summed E-state index contributed by atoms with van der Waals surface area (Å²) in [6.45, 7) is 0. The fourth-order valence-corrected chi connectivity index (χ4v) is 7.30. The van der Waals surface area contributed by atoms with Crippen LogP contribution in [0.3, 0.4) is 0 Å². The fraction of sp³-hybridized carbons (Fsp3) is 0.150. The SMILES string of the molecule is NS(=O)(=O)c1ccc(NC(=O)[C@@H]2Sc3[nH]c(=O)sc3[C@@H]3c4cc(Br)ccc4OC(=O)[C@@H]32)cc1. The maximum absolute atomic E-state index is 13.3. The topological polar surface area (TPSA) is 148 Å². The number of esters is 1. The van der Waals surface area contributed by atoms with Gasteiger partial charge in [0.1, 0.15) is 11.0 Å². The van der Waals surface area contributed by atoms with Gasteiger partial charge in [-0.15, -0.1) is 0 Å². The van der Waals surface area contributed by atoms with Gasteiger partial charge in [0.15, 0.2) is 0 Å². The van der Waals surface area contributed by atoms with Crippen molar-refractivity contribution in [3.63, 3.8) is 0 Å². The molecule has 0 unspecified atom stereocenters. The monoisotopic (exact) mass is 567 g/mol. The molecule has 1 aromatic heterocycles. The molecule has 1 amide bonds. The number of carbonyl (C=O) groups excluding carboxylic acids is 2. The van der Waals surface area contributed by atoms with Gasteiger partial charge in [0.2, 0.25) is 15.9 Å².